The van der Waals surface area contributed by atoms with E-state index in [1.165, 1.54) is 0 Å². The summed E-state index contributed by atoms with van der Waals surface area (Å²) >= 11 is 0. The summed E-state index contributed by atoms with van der Waals surface area (Å²) in [5.41, 5.74) is 1.92. The van der Waals surface area contributed by atoms with Gasteiger partial charge >= 0.3 is 0 Å². The number of aliphatic hydroxyl groups excluding tert-OH is 1. The molecule has 0 amide bonds. The fourth-order valence-corrected chi connectivity index (χ4v) is 1.66. The summed E-state index contributed by atoms with van der Waals surface area (Å²) in [6.45, 7) is 2.09. The molecule has 0 spiro atoms. The van der Waals surface area contributed by atoms with Crippen LogP contribution in [0.2, 0.25) is 0 Å². The Kier molecular flexibility index (Phi) is 2.55. The molecule has 1 unspecified atom stereocenters. The van der Waals surface area contributed by atoms with Crippen LogP contribution in [0.25, 0.3) is 6.08 Å². The van der Waals surface area contributed by atoms with Gasteiger partial charge in [0.05, 0.1) is 0 Å². The monoisotopic (exact) mass is 190 g/mol. The molecule has 0 radical (unpaired) electrons. The largest absolute Gasteiger partial charge is 0.465 e. The average Bonchev–Trinajstić information content (AvgIpc) is 2.18. The number of fused-ring (bicyclic) bond motifs is 1. The molecule has 0 saturated heterocycles. The van der Waals surface area contributed by atoms with E-state index < -0.39 is 6.29 Å². The van der Waals surface area contributed by atoms with Crippen LogP contribution < -0.4 is 0 Å². The molecule has 14 heavy (non-hydrogen) atoms. The van der Waals surface area contributed by atoms with Crippen molar-refractivity contribution in [2.24, 2.45) is 0 Å². The van der Waals surface area contributed by atoms with Crippen LogP contribution in [0.4, 0.5) is 0 Å². The molecule has 2 rings (SSSR count). The van der Waals surface area contributed by atoms with Crippen LogP contribution in [0.3, 0.4) is 0 Å². The zero-order valence-electron chi connectivity index (χ0n) is 8.23. The van der Waals surface area contributed by atoms with E-state index in [1.807, 2.05) is 30.3 Å². The summed E-state index contributed by atoms with van der Waals surface area (Å²) in [7, 11) is 0. The van der Waals surface area contributed by atoms with Crippen molar-refractivity contribution < 1.29 is 9.84 Å². The van der Waals surface area contributed by atoms with Crippen LogP contribution >= 0.6 is 0 Å². The minimum atomic E-state index is -0.794. The van der Waals surface area contributed by atoms with Gasteiger partial charge in [-0.05, 0) is 18.1 Å². The van der Waals surface area contributed by atoms with Gasteiger partial charge in [0, 0.05) is 12.0 Å². The van der Waals surface area contributed by atoms with E-state index in [-0.39, 0.29) is 0 Å². The molecule has 1 heterocycles. The highest BCUT2D eigenvalue weighted by Gasteiger charge is 2.18. The second-order valence-corrected chi connectivity index (χ2v) is 3.46. The van der Waals surface area contributed by atoms with Gasteiger partial charge in [-0.2, -0.15) is 0 Å². The molecular formula is C12H14O2. The van der Waals surface area contributed by atoms with Crippen molar-refractivity contribution >= 4 is 6.08 Å². The molecule has 2 nitrogen and oxygen atoms in total. The Bertz CT molecular complexity index is 355. The summed E-state index contributed by atoms with van der Waals surface area (Å²) in [5.74, 6) is 0.874. The molecule has 0 aliphatic carbocycles. The smallest absolute Gasteiger partial charge is 0.224 e. The van der Waals surface area contributed by atoms with Crippen LogP contribution in [0.15, 0.2) is 30.0 Å². The summed E-state index contributed by atoms with van der Waals surface area (Å²) in [6.07, 6.45) is 3.12. The molecule has 2 heteroatoms. The van der Waals surface area contributed by atoms with Crippen LogP contribution in [0.1, 0.15) is 37.2 Å². The minimum Gasteiger partial charge on any atom is -0.465 e. The molecule has 74 valence electrons. The van der Waals surface area contributed by atoms with E-state index in [1.54, 1.807) is 0 Å². The second kappa shape index (κ2) is 3.84. The Morgan fingerprint density at radius 1 is 1.36 bits per heavy atom. The molecule has 1 aliphatic rings. The van der Waals surface area contributed by atoms with Crippen molar-refractivity contribution in [2.45, 2.75) is 26.1 Å². The number of hydrogen-bond acceptors (Lipinski definition) is 2. The molecule has 1 aromatic rings. The lowest BCUT2D eigenvalue weighted by atomic mass is 10.0. The predicted molar refractivity (Wildman–Crippen MR) is 55.4 cm³/mol. The Balaban J connectivity index is 2.35. The van der Waals surface area contributed by atoms with Gasteiger partial charge < -0.3 is 9.84 Å². The lowest BCUT2D eigenvalue weighted by Gasteiger charge is -2.22. The van der Waals surface area contributed by atoms with Crippen molar-refractivity contribution in [1.82, 2.24) is 0 Å². The molecule has 0 saturated carbocycles. The Hall–Kier alpha value is -1.28. The standard InChI is InChI=1S/C12H14O2/c1-2-5-10-8-9-6-3-4-7-11(9)12(13)14-10/h3-4,6-8,12-13H,2,5H2,1H3. The number of allylic oxidation sites excluding steroid dienone is 1. The first-order valence-corrected chi connectivity index (χ1v) is 4.95. The fourth-order valence-electron chi connectivity index (χ4n) is 1.66. The third-order valence-electron chi connectivity index (χ3n) is 2.34. The van der Waals surface area contributed by atoms with E-state index >= 15 is 0 Å². The van der Waals surface area contributed by atoms with Crippen LogP contribution in [-0.4, -0.2) is 5.11 Å². The van der Waals surface area contributed by atoms with Gasteiger partial charge in [-0.25, -0.2) is 0 Å². The maximum Gasteiger partial charge on any atom is 0.224 e. The normalized spacial score (nSPS) is 19.6. The van der Waals surface area contributed by atoms with Gasteiger partial charge in [0.1, 0.15) is 5.76 Å². The third kappa shape index (κ3) is 1.66. The first-order chi connectivity index (χ1) is 6.81. The molecule has 0 fully saturated rings. The van der Waals surface area contributed by atoms with Crippen LogP contribution in [0, 0.1) is 0 Å². The summed E-state index contributed by atoms with van der Waals surface area (Å²) in [5, 5.41) is 9.70. The minimum absolute atomic E-state index is 0.794. The van der Waals surface area contributed by atoms with Crippen molar-refractivity contribution in [3.05, 3.63) is 41.2 Å². The van der Waals surface area contributed by atoms with Gasteiger partial charge in [0.15, 0.2) is 0 Å². The van der Waals surface area contributed by atoms with Gasteiger partial charge in [0.2, 0.25) is 6.29 Å². The maximum atomic E-state index is 9.70. The Labute approximate surface area is 83.8 Å². The molecule has 1 atom stereocenters. The molecular weight excluding hydrogens is 176 g/mol. The maximum absolute atomic E-state index is 9.70. The summed E-state index contributed by atoms with van der Waals surface area (Å²) in [6, 6.07) is 7.76. The Morgan fingerprint density at radius 2 is 2.14 bits per heavy atom. The SMILES string of the molecule is CCCC1=Cc2ccccc2C(O)O1. The van der Waals surface area contributed by atoms with E-state index in [0.717, 1.165) is 29.7 Å². The molecule has 0 bridgehead atoms. The fraction of sp³-hybridized carbons (Fsp3) is 0.333. The third-order valence-corrected chi connectivity index (χ3v) is 2.34. The van der Waals surface area contributed by atoms with E-state index in [4.69, 9.17) is 4.74 Å². The number of ether oxygens (including phenoxy) is 1. The van der Waals surface area contributed by atoms with Gasteiger partial charge in [0.25, 0.3) is 0 Å². The number of benzene rings is 1. The van der Waals surface area contributed by atoms with Gasteiger partial charge in [-0.15, -0.1) is 0 Å². The lowest BCUT2D eigenvalue weighted by Crippen LogP contribution is -2.09. The summed E-state index contributed by atoms with van der Waals surface area (Å²) < 4.78 is 5.37. The van der Waals surface area contributed by atoms with E-state index in [0.29, 0.717) is 0 Å². The Morgan fingerprint density at radius 3 is 2.93 bits per heavy atom. The van der Waals surface area contributed by atoms with E-state index in [9.17, 15) is 5.11 Å². The highest BCUT2D eigenvalue weighted by atomic mass is 16.6. The second-order valence-electron chi connectivity index (χ2n) is 3.46. The molecule has 1 N–H and O–H groups in total. The number of rotatable bonds is 2. The molecule has 1 aliphatic heterocycles. The quantitative estimate of drug-likeness (QED) is 0.777. The van der Waals surface area contributed by atoms with Gasteiger partial charge in [-0.3, -0.25) is 0 Å². The first kappa shape index (κ1) is 9.28. The summed E-state index contributed by atoms with van der Waals surface area (Å²) in [4.78, 5) is 0. The van der Waals surface area contributed by atoms with Crippen LogP contribution in [0.5, 0.6) is 0 Å². The zero-order chi connectivity index (χ0) is 9.97. The number of aliphatic hydroxyl groups is 1. The van der Waals surface area contributed by atoms with Gasteiger partial charge in [-0.1, -0.05) is 31.2 Å². The van der Waals surface area contributed by atoms with E-state index in [2.05, 4.69) is 6.92 Å². The van der Waals surface area contributed by atoms with Crippen LogP contribution in [-0.2, 0) is 4.74 Å². The van der Waals surface area contributed by atoms with Crippen molar-refractivity contribution in [2.75, 3.05) is 0 Å². The van der Waals surface area contributed by atoms with Crippen molar-refractivity contribution in [1.29, 1.82) is 0 Å². The van der Waals surface area contributed by atoms with Crippen molar-refractivity contribution in [3.63, 3.8) is 0 Å². The molecule has 1 aromatic carbocycles. The molecule has 0 aromatic heterocycles. The highest BCUT2D eigenvalue weighted by Crippen LogP contribution is 2.30. The topological polar surface area (TPSA) is 29.5 Å². The van der Waals surface area contributed by atoms with Crippen molar-refractivity contribution in [3.8, 4) is 0 Å². The average molecular weight is 190 g/mol. The predicted octanol–water partition coefficient (Wildman–Crippen LogP) is 2.85. The highest BCUT2D eigenvalue weighted by molar-refractivity contribution is 5.57. The zero-order valence-corrected chi connectivity index (χ0v) is 8.23. The number of hydrogen-bond donors (Lipinski definition) is 1. The first-order valence-electron chi connectivity index (χ1n) is 4.95. The lowest BCUT2D eigenvalue weighted by molar-refractivity contribution is -0.0723.